The van der Waals surface area contributed by atoms with Gasteiger partial charge in [-0.25, -0.2) is 9.18 Å². The summed E-state index contributed by atoms with van der Waals surface area (Å²) in [5.41, 5.74) is 1.63. The maximum atomic E-state index is 12.8. The van der Waals surface area contributed by atoms with E-state index in [4.69, 9.17) is 0 Å². The van der Waals surface area contributed by atoms with Crippen molar-refractivity contribution in [1.82, 2.24) is 10.2 Å². The smallest absolute Gasteiger partial charge is 0.308 e. The van der Waals surface area contributed by atoms with Gasteiger partial charge in [0.05, 0.1) is 0 Å². The van der Waals surface area contributed by atoms with Crippen molar-refractivity contribution in [2.45, 2.75) is 12.8 Å². The summed E-state index contributed by atoms with van der Waals surface area (Å²) in [6, 6.07) is 15.0. The Bertz CT molecular complexity index is 820. The Kier molecular flexibility index (Phi) is 4.81. The molecule has 0 saturated heterocycles. The number of nitrogens with one attached hydrogen (secondary N) is 2. The van der Waals surface area contributed by atoms with E-state index in [1.165, 1.54) is 35.6 Å². The summed E-state index contributed by atoms with van der Waals surface area (Å²) in [5.74, 6) is -0.260. The second-order valence-electron chi connectivity index (χ2n) is 5.16. The lowest BCUT2D eigenvalue weighted by molar-refractivity contribution is 0.262. The fourth-order valence-corrected chi connectivity index (χ4v) is 2.96. The van der Waals surface area contributed by atoms with Gasteiger partial charge in [0.25, 0.3) is 0 Å². The molecular formula is C17H15FN4OS. The number of hydrogen-bond donors (Lipinski definition) is 2. The fourth-order valence-electron chi connectivity index (χ4n) is 2.14. The Balaban J connectivity index is 1.63. The minimum Gasteiger partial charge on any atom is -0.308 e. The Hall–Kier alpha value is -2.80. The van der Waals surface area contributed by atoms with Crippen molar-refractivity contribution >= 4 is 28.2 Å². The van der Waals surface area contributed by atoms with Crippen LogP contribution in [0.2, 0.25) is 0 Å². The normalized spacial score (nSPS) is 11.8. The second-order valence-corrected chi connectivity index (χ2v) is 6.17. The van der Waals surface area contributed by atoms with E-state index < -0.39 is 6.03 Å². The van der Waals surface area contributed by atoms with Crippen LogP contribution in [0.1, 0.15) is 23.4 Å². The van der Waals surface area contributed by atoms with Gasteiger partial charge < -0.3 is 5.32 Å². The fraction of sp³-hybridized carbons (Fsp3) is 0.118. The Morgan fingerprint density at radius 1 is 1.04 bits per heavy atom. The van der Waals surface area contributed by atoms with Gasteiger partial charge >= 0.3 is 6.03 Å². The third-order valence-corrected chi connectivity index (χ3v) is 4.45. The maximum Gasteiger partial charge on any atom is 0.325 e. The molecule has 2 amide bonds. The summed E-state index contributed by atoms with van der Waals surface area (Å²) < 4.78 is 12.8. The van der Waals surface area contributed by atoms with Gasteiger partial charge in [0.1, 0.15) is 10.8 Å². The number of carbonyl (C=O) groups excluding carboxylic acids is 1. The predicted molar refractivity (Wildman–Crippen MR) is 92.9 cm³/mol. The molecule has 3 aromatic rings. The highest BCUT2D eigenvalue weighted by atomic mass is 32.1. The van der Waals surface area contributed by atoms with Crippen LogP contribution in [-0.2, 0) is 0 Å². The van der Waals surface area contributed by atoms with E-state index >= 15 is 0 Å². The quantitative estimate of drug-likeness (QED) is 0.735. The van der Waals surface area contributed by atoms with Gasteiger partial charge in [0, 0.05) is 11.6 Å². The van der Waals surface area contributed by atoms with Crippen molar-refractivity contribution in [2.24, 2.45) is 0 Å². The van der Waals surface area contributed by atoms with Crippen molar-refractivity contribution in [3.8, 4) is 0 Å². The molecule has 0 aliphatic rings. The number of nitrogens with zero attached hydrogens (tertiary/aromatic N) is 2. The molecule has 5 nitrogen and oxygen atoms in total. The number of halogens is 1. The molecule has 0 spiro atoms. The number of anilines is 2. The van der Waals surface area contributed by atoms with Crippen molar-refractivity contribution in [2.75, 3.05) is 10.6 Å². The van der Waals surface area contributed by atoms with Gasteiger partial charge in [-0.1, -0.05) is 48.6 Å². The highest BCUT2D eigenvalue weighted by Crippen LogP contribution is 2.28. The molecule has 2 aromatic carbocycles. The number of amides is 2. The van der Waals surface area contributed by atoms with E-state index in [1.54, 1.807) is 0 Å². The van der Waals surface area contributed by atoms with Gasteiger partial charge in [-0.15, -0.1) is 10.2 Å². The SMILES string of the molecule is CC(c1ccccc1)c1nnc(NC(=O)Nc2ccc(F)cc2)s1. The van der Waals surface area contributed by atoms with Crippen LogP contribution in [0, 0.1) is 5.82 Å². The average Bonchev–Trinajstić information content (AvgIpc) is 3.05. The number of aromatic nitrogens is 2. The van der Waals surface area contributed by atoms with Crippen LogP contribution in [0.4, 0.5) is 20.0 Å². The molecule has 1 heterocycles. The molecule has 122 valence electrons. The van der Waals surface area contributed by atoms with E-state index in [2.05, 4.69) is 20.8 Å². The molecule has 1 unspecified atom stereocenters. The number of urea groups is 1. The van der Waals surface area contributed by atoms with Crippen LogP contribution in [-0.4, -0.2) is 16.2 Å². The molecule has 1 atom stereocenters. The Morgan fingerprint density at radius 3 is 2.46 bits per heavy atom. The largest absolute Gasteiger partial charge is 0.325 e. The zero-order valence-corrected chi connectivity index (χ0v) is 13.7. The zero-order valence-electron chi connectivity index (χ0n) is 12.9. The second kappa shape index (κ2) is 7.18. The summed E-state index contributed by atoms with van der Waals surface area (Å²) >= 11 is 1.32. The van der Waals surface area contributed by atoms with Crippen molar-refractivity contribution in [1.29, 1.82) is 0 Å². The molecule has 7 heteroatoms. The molecule has 0 saturated carbocycles. The van der Waals surface area contributed by atoms with Crippen LogP contribution in [0.5, 0.6) is 0 Å². The lowest BCUT2D eigenvalue weighted by Gasteiger charge is -2.07. The van der Waals surface area contributed by atoms with Crippen LogP contribution in [0.3, 0.4) is 0 Å². The Labute approximate surface area is 142 Å². The lowest BCUT2D eigenvalue weighted by Crippen LogP contribution is -2.19. The van der Waals surface area contributed by atoms with Gasteiger partial charge in [0.2, 0.25) is 5.13 Å². The molecule has 0 bridgehead atoms. The zero-order chi connectivity index (χ0) is 16.9. The molecule has 0 aliphatic heterocycles. The number of hydrogen-bond acceptors (Lipinski definition) is 4. The Morgan fingerprint density at radius 2 is 1.75 bits per heavy atom. The average molecular weight is 342 g/mol. The van der Waals surface area contributed by atoms with Crippen LogP contribution in [0.25, 0.3) is 0 Å². The third-order valence-electron chi connectivity index (χ3n) is 3.43. The van der Waals surface area contributed by atoms with Gasteiger partial charge in [-0.3, -0.25) is 5.32 Å². The minimum atomic E-state index is -0.448. The molecule has 1 aromatic heterocycles. The summed E-state index contributed by atoms with van der Waals surface area (Å²) in [6.07, 6.45) is 0. The van der Waals surface area contributed by atoms with Crippen LogP contribution < -0.4 is 10.6 Å². The molecule has 0 fully saturated rings. The van der Waals surface area contributed by atoms with E-state index in [1.807, 2.05) is 37.3 Å². The first-order valence-electron chi connectivity index (χ1n) is 7.34. The number of benzene rings is 2. The number of rotatable bonds is 4. The third kappa shape index (κ3) is 3.94. The molecular weight excluding hydrogens is 327 g/mol. The molecule has 24 heavy (non-hydrogen) atoms. The van der Waals surface area contributed by atoms with E-state index in [0.29, 0.717) is 10.8 Å². The minimum absolute atomic E-state index is 0.0967. The summed E-state index contributed by atoms with van der Waals surface area (Å²) in [4.78, 5) is 11.9. The monoisotopic (exact) mass is 342 g/mol. The summed E-state index contributed by atoms with van der Waals surface area (Å²) in [6.45, 7) is 2.04. The molecule has 3 rings (SSSR count). The van der Waals surface area contributed by atoms with Crippen molar-refractivity contribution in [3.05, 3.63) is 71.0 Å². The topological polar surface area (TPSA) is 66.9 Å². The first kappa shape index (κ1) is 16.1. The maximum absolute atomic E-state index is 12.8. The lowest BCUT2D eigenvalue weighted by atomic mass is 10.0. The van der Waals surface area contributed by atoms with E-state index in [-0.39, 0.29) is 11.7 Å². The van der Waals surface area contributed by atoms with E-state index in [0.717, 1.165) is 10.6 Å². The first-order valence-corrected chi connectivity index (χ1v) is 8.15. The van der Waals surface area contributed by atoms with Gasteiger partial charge in [0.15, 0.2) is 0 Å². The first-order chi connectivity index (χ1) is 11.6. The van der Waals surface area contributed by atoms with Gasteiger partial charge in [-0.05, 0) is 29.8 Å². The number of carbonyl (C=O) groups is 1. The van der Waals surface area contributed by atoms with Crippen LogP contribution >= 0.6 is 11.3 Å². The predicted octanol–water partition coefficient (Wildman–Crippen LogP) is 4.47. The highest BCUT2D eigenvalue weighted by Gasteiger charge is 2.15. The molecule has 0 radical (unpaired) electrons. The van der Waals surface area contributed by atoms with Crippen molar-refractivity contribution < 1.29 is 9.18 Å². The van der Waals surface area contributed by atoms with Crippen LogP contribution in [0.15, 0.2) is 54.6 Å². The summed E-state index contributed by atoms with van der Waals surface area (Å²) in [5, 5.41) is 14.6. The molecule has 0 aliphatic carbocycles. The highest BCUT2D eigenvalue weighted by molar-refractivity contribution is 7.15. The molecule has 2 N–H and O–H groups in total. The van der Waals surface area contributed by atoms with Crippen molar-refractivity contribution in [3.63, 3.8) is 0 Å². The summed E-state index contributed by atoms with van der Waals surface area (Å²) in [7, 11) is 0. The van der Waals surface area contributed by atoms with E-state index in [9.17, 15) is 9.18 Å². The standard InChI is InChI=1S/C17H15FN4OS/c1-11(12-5-3-2-4-6-12)15-21-22-17(24-15)20-16(23)19-14-9-7-13(18)8-10-14/h2-11H,1H3,(H2,19,20,22,23). The van der Waals surface area contributed by atoms with Gasteiger partial charge in [-0.2, -0.15) is 0 Å².